The second-order valence-corrected chi connectivity index (χ2v) is 5.80. The SMILES string of the molecule is CC(=O)N1CCC(NCc2ccc(O)c(Br)c2)CC1. The highest BCUT2D eigenvalue weighted by Gasteiger charge is 2.19. The number of carbonyl (C=O) groups excluding carboxylic acids is 1. The van der Waals surface area contributed by atoms with Gasteiger partial charge in [-0.15, -0.1) is 0 Å². The Morgan fingerprint density at radius 3 is 2.74 bits per heavy atom. The first-order valence-electron chi connectivity index (χ1n) is 6.52. The molecule has 0 aliphatic carbocycles. The zero-order chi connectivity index (χ0) is 13.8. The third-order valence-corrected chi connectivity index (χ3v) is 4.18. The van der Waals surface area contributed by atoms with Crippen molar-refractivity contribution in [2.45, 2.75) is 32.4 Å². The highest BCUT2D eigenvalue weighted by Crippen LogP contribution is 2.24. The number of amides is 1. The summed E-state index contributed by atoms with van der Waals surface area (Å²) in [6.07, 6.45) is 2.00. The van der Waals surface area contributed by atoms with Crippen LogP contribution in [-0.4, -0.2) is 35.0 Å². The third kappa shape index (κ3) is 3.94. The van der Waals surface area contributed by atoms with Crippen LogP contribution in [0, 0.1) is 0 Å². The number of rotatable bonds is 3. The lowest BCUT2D eigenvalue weighted by Crippen LogP contribution is -2.43. The molecule has 4 nitrogen and oxygen atoms in total. The van der Waals surface area contributed by atoms with Crippen molar-refractivity contribution in [2.24, 2.45) is 0 Å². The molecule has 104 valence electrons. The molecule has 0 spiro atoms. The number of phenolic OH excluding ortho intramolecular Hbond substituents is 1. The summed E-state index contributed by atoms with van der Waals surface area (Å²) >= 11 is 3.31. The Bertz CT molecular complexity index is 457. The van der Waals surface area contributed by atoms with Gasteiger partial charge in [0.1, 0.15) is 5.75 Å². The maximum Gasteiger partial charge on any atom is 0.219 e. The fourth-order valence-corrected chi connectivity index (χ4v) is 2.75. The van der Waals surface area contributed by atoms with Crippen LogP contribution in [0.1, 0.15) is 25.3 Å². The number of nitrogens with one attached hydrogen (secondary N) is 1. The molecule has 0 unspecified atom stereocenters. The minimum atomic E-state index is 0.168. The lowest BCUT2D eigenvalue weighted by Gasteiger charge is -2.31. The van der Waals surface area contributed by atoms with E-state index in [1.807, 2.05) is 17.0 Å². The predicted molar refractivity (Wildman–Crippen MR) is 77.9 cm³/mol. The van der Waals surface area contributed by atoms with Gasteiger partial charge in [-0.2, -0.15) is 0 Å². The summed E-state index contributed by atoms with van der Waals surface area (Å²) in [6, 6.07) is 5.99. The van der Waals surface area contributed by atoms with Gasteiger partial charge in [-0.3, -0.25) is 4.79 Å². The summed E-state index contributed by atoms with van der Waals surface area (Å²) in [5.41, 5.74) is 1.14. The Morgan fingerprint density at radius 2 is 2.16 bits per heavy atom. The maximum absolute atomic E-state index is 11.2. The first kappa shape index (κ1) is 14.3. The molecular weight excluding hydrogens is 308 g/mol. The van der Waals surface area contributed by atoms with E-state index in [2.05, 4.69) is 21.2 Å². The molecule has 1 fully saturated rings. The second kappa shape index (κ2) is 6.39. The van der Waals surface area contributed by atoms with Gasteiger partial charge in [-0.25, -0.2) is 0 Å². The van der Waals surface area contributed by atoms with E-state index >= 15 is 0 Å². The Labute approximate surface area is 121 Å². The predicted octanol–water partition coefficient (Wildman–Crippen LogP) is 2.26. The van der Waals surface area contributed by atoms with E-state index in [1.54, 1.807) is 13.0 Å². The van der Waals surface area contributed by atoms with Crippen molar-refractivity contribution in [3.63, 3.8) is 0 Å². The smallest absolute Gasteiger partial charge is 0.219 e. The Kier molecular flexibility index (Phi) is 4.82. The van der Waals surface area contributed by atoms with Gasteiger partial charge >= 0.3 is 0 Å². The molecule has 19 heavy (non-hydrogen) atoms. The Hall–Kier alpha value is -1.07. The second-order valence-electron chi connectivity index (χ2n) is 4.95. The molecule has 1 aliphatic heterocycles. The van der Waals surface area contributed by atoms with Crippen molar-refractivity contribution in [1.82, 2.24) is 10.2 Å². The van der Waals surface area contributed by atoms with Gasteiger partial charge in [0.15, 0.2) is 0 Å². The van der Waals surface area contributed by atoms with Crippen LogP contribution in [0.2, 0.25) is 0 Å². The van der Waals surface area contributed by atoms with Crippen LogP contribution >= 0.6 is 15.9 Å². The van der Waals surface area contributed by atoms with Crippen LogP contribution < -0.4 is 5.32 Å². The van der Waals surface area contributed by atoms with E-state index < -0.39 is 0 Å². The summed E-state index contributed by atoms with van der Waals surface area (Å²) < 4.78 is 0.721. The van der Waals surface area contributed by atoms with Gasteiger partial charge in [0.25, 0.3) is 0 Å². The molecule has 2 N–H and O–H groups in total. The molecule has 1 amide bonds. The number of hydrogen-bond donors (Lipinski definition) is 2. The van der Waals surface area contributed by atoms with Gasteiger partial charge in [0, 0.05) is 32.6 Å². The quantitative estimate of drug-likeness (QED) is 0.895. The molecular formula is C14H19BrN2O2. The molecule has 1 aromatic rings. The van der Waals surface area contributed by atoms with E-state index in [9.17, 15) is 9.90 Å². The molecule has 1 heterocycles. The van der Waals surface area contributed by atoms with Gasteiger partial charge < -0.3 is 15.3 Å². The average Bonchev–Trinajstić information content (AvgIpc) is 2.40. The Morgan fingerprint density at radius 1 is 1.47 bits per heavy atom. The zero-order valence-corrected chi connectivity index (χ0v) is 12.6. The van der Waals surface area contributed by atoms with Crippen LogP contribution in [0.4, 0.5) is 0 Å². The standard InChI is InChI=1S/C14H19BrN2O2/c1-10(18)17-6-4-12(5-7-17)16-9-11-2-3-14(19)13(15)8-11/h2-3,8,12,16,19H,4-7,9H2,1H3. The fraction of sp³-hybridized carbons (Fsp3) is 0.500. The molecule has 0 radical (unpaired) electrons. The summed E-state index contributed by atoms with van der Waals surface area (Å²) in [5.74, 6) is 0.430. The van der Waals surface area contributed by atoms with Crippen molar-refractivity contribution in [3.05, 3.63) is 28.2 Å². The van der Waals surface area contributed by atoms with Crippen molar-refractivity contribution in [2.75, 3.05) is 13.1 Å². The average molecular weight is 327 g/mol. The lowest BCUT2D eigenvalue weighted by atomic mass is 10.0. The maximum atomic E-state index is 11.2. The van der Waals surface area contributed by atoms with E-state index in [-0.39, 0.29) is 11.7 Å². The molecule has 1 aromatic carbocycles. The number of piperidine rings is 1. The molecule has 0 bridgehead atoms. The van der Waals surface area contributed by atoms with Gasteiger partial charge in [-0.05, 0) is 46.5 Å². The van der Waals surface area contributed by atoms with E-state index in [0.717, 1.165) is 42.5 Å². The van der Waals surface area contributed by atoms with Gasteiger partial charge in [0.2, 0.25) is 5.91 Å². The van der Waals surface area contributed by atoms with Crippen LogP contribution in [-0.2, 0) is 11.3 Å². The highest BCUT2D eigenvalue weighted by atomic mass is 79.9. The zero-order valence-electron chi connectivity index (χ0n) is 11.0. The summed E-state index contributed by atoms with van der Waals surface area (Å²) in [7, 11) is 0. The summed E-state index contributed by atoms with van der Waals surface area (Å²) in [5, 5.41) is 12.9. The number of hydrogen-bond acceptors (Lipinski definition) is 3. The van der Waals surface area contributed by atoms with Crippen LogP contribution in [0.5, 0.6) is 5.75 Å². The molecule has 1 saturated heterocycles. The van der Waals surface area contributed by atoms with Gasteiger partial charge in [-0.1, -0.05) is 6.07 Å². The normalized spacial score (nSPS) is 16.6. The molecule has 0 saturated carbocycles. The minimum absolute atomic E-state index is 0.168. The number of likely N-dealkylation sites (tertiary alicyclic amines) is 1. The number of aromatic hydroxyl groups is 1. The van der Waals surface area contributed by atoms with Crippen molar-refractivity contribution < 1.29 is 9.90 Å². The van der Waals surface area contributed by atoms with Crippen LogP contribution in [0.25, 0.3) is 0 Å². The fourth-order valence-electron chi connectivity index (χ4n) is 2.32. The van der Waals surface area contributed by atoms with E-state index in [4.69, 9.17) is 0 Å². The molecule has 5 heteroatoms. The van der Waals surface area contributed by atoms with E-state index in [0.29, 0.717) is 6.04 Å². The molecule has 2 rings (SSSR count). The van der Waals surface area contributed by atoms with Crippen molar-refractivity contribution in [3.8, 4) is 5.75 Å². The topological polar surface area (TPSA) is 52.6 Å². The Balaban J connectivity index is 1.80. The number of phenols is 1. The molecule has 1 aliphatic rings. The number of benzene rings is 1. The van der Waals surface area contributed by atoms with Crippen molar-refractivity contribution in [1.29, 1.82) is 0 Å². The molecule has 0 atom stereocenters. The lowest BCUT2D eigenvalue weighted by molar-refractivity contribution is -0.129. The third-order valence-electron chi connectivity index (χ3n) is 3.55. The van der Waals surface area contributed by atoms with Crippen LogP contribution in [0.3, 0.4) is 0 Å². The number of carbonyl (C=O) groups is 1. The van der Waals surface area contributed by atoms with Crippen molar-refractivity contribution >= 4 is 21.8 Å². The monoisotopic (exact) mass is 326 g/mol. The minimum Gasteiger partial charge on any atom is -0.507 e. The summed E-state index contributed by atoms with van der Waals surface area (Å²) in [4.78, 5) is 13.1. The number of halogens is 1. The first-order chi connectivity index (χ1) is 9.06. The number of nitrogens with zero attached hydrogens (tertiary/aromatic N) is 1. The van der Waals surface area contributed by atoms with Gasteiger partial charge in [0.05, 0.1) is 4.47 Å². The van der Waals surface area contributed by atoms with Crippen LogP contribution in [0.15, 0.2) is 22.7 Å². The largest absolute Gasteiger partial charge is 0.507 e. The highest BCUT2D eigenvalue weighted by molar-refractivity contribution is 9.10. The molecule has 0 aromatic heterocycles. The van der Waals surface area contributed by atoms with E-state index in [1.165, 1.54) is 0 Å². The summed E-state index contributed by atoms with van der Waals surface area (Å²) in [6.45, 7) is 4.09. The first-order valence-corrected chi connectivity index (χ1v) is 7.32.